The van der Waals surface area contributed by atoms with E-state index in [4.69, 9.17) is 10.5 Å². The molecule has 0 bridgehead atoms. The number of aliphatic hydroxyl groups is 2. The molecule has 0 aliphatic carbocycles. The summed E-state index contributed by atoms with van der Waals surface area (Å²) in [6.07, 6.45) is 1.63. The monoisotopic (exact) mass is 259 g/mol. The van der Waals surface area contributed by atoms with E-state index in [0.29, 0.717) is 26.1 Å². The maximum atomic E-state index is 10.3. The van der Waals surface area contributed by atoms with Crippen molar-refractivity contribution in [3.8, 4) is 0 Å². The minimum atomic E-state index is -0.602. The van der Waals surface area contributed by atoms with Gasteiger partial charge < -0.3 is 31.3 Å². The molecule has 0 spiro atoms. The van der Waals surface area contributed by atoms with Gasteiger partial charge in [0.05, 0.1) is 30.5 Å². The second-order valence-electron chi connectivity index (χ2n) is 5.53. The molecule has 6 N–H and O–H groups in total. The Morgan fingerprint density at radius 3 is 2.78 bits per heavy atom. The first-order chi connectivity index (χ1) is 8.59. The van der Waals surface area contributed by atoms with Crippen LogP contribution in [0.4, 0.5) is 0 Å². The highest BCUT2D eigenvalue weighted by Gasteiger charge is 2.30. The largest absolute Gasteiger partial charge is 0.391 e. The average molecular weight is 259 g/mol. The van der Waals surface area contributed by atoms with Gasteiger partial charge in [-0.05, 0) is 25.9 Å². The number of piperidine rings is 1. The van der Waals surface area contributed by atoms with Gasteiger partial charge in [-0.3, -0.25) is 0 Å². The van der Waals surface area contributed by atoms with E-state index < -0.39 is 11.7 Å². The van der Waals surface area contributed by atoms with Gasteiger partial charge in [0.1, 0.15) is 0 Å². The van der Waals surface area contributed by atoms with E-state index in [9.17, 15) is 10.2 Å². The summed E-state index contributed by atoms with van der Waals surface area (Å²) in [7, 11) is 0. The van der Waals surface area contributed by atoms with Crippen LogP contribution in [0.2, 0.25) is 0 Å². The van der Waals surface area contributed by atoms with E-state index in [1.807, 2.05) is 0 Å². The molecule has 106 valence electrons. The van der Waals surface area contributed by atoms with Crippen LogP contribution in [0.25, 0.3) is 0 Å². The highest BCUT2D eigenvalue weighted by Crippen LogP contribution is 2.17. The first-order valence-electron chi connectivity index (χ1n) is 6.78. The van der Waals surface area contributed by atoms with E-state index in [0.717, 1.165) is 25.9 Å². The topological polar surface area (TPSA) is 99.8 Å². The van der Waals surface area contributed by atoms with Gasteiger partial charge in [0.25, 0.3) is 0 Å². The zero-order chi connectivity index (χ0) is 13.0. The molecular formula is C12H25N3O3. The molecule has 6 heteroatoms. The van der Waals surface area contributed by atoms with Crippen LogP contribution in [0, 0.1) is 0 Å². The van der Waals surface area contributed by atoms with Crippen molar-refractivity contribution in [2.45, 2.75) is 43.1 Å². The molecular weight excluding hydrogens is 234 g/mol. The smallest absolute Gasteiger partial charge is 0.0795 e. The van der Waals surface area contributed by atoms with E-state index in [-0.39, 0.29) is 12.1 Å². The Hall–Kier alpha value is -0.240. The standard InChI is InChI=1S/C12H25N3O3/c13-10-7-18-9(5-11(10)16)6-15-8-12(17)1-3-14-4-2-12/h9-11,14-17H,1-8,13H2/t9-,10-,11-/m0/s1. The van der Waals surface area contributed by atoms with E-state index in [1.165, 1.54) is 0 Å². The molecule has 2 fully saturated rings. The zero-order valence-electron chi connectivity index (χ0n) is 10.8. The number of aliphatic hydroxyl groups excluding tert-OH is 1. The minimum Gasteiger partial charge on any atom is -0.391 e. The van der Waals surface area contributed by atoms with Crippen molar-refractivity contribution in [3.05, 3.63) is 0 Å². The lowest BCUT2D eigenvalue weighted by Crippen LogP contribution is -2.52. The molecule has 2 aliphatic rings. The van der Waals surface area contributed by atoms with E-state index >= 15 is 0 Å². The number of nitrogens with two attached hydrogens (primary N) is 1. The third-order valence-electron chi connectivity index (χ3n) is 3.88. The number of nitrogens with one attached hydrogen (secondary N) is 2. The maximum Gasteiger partial charge on any atom is 0.0795 e. The highest BCUT2D eigenvalue weighted by atomic mass is 16.5. The average Bonchev–Trinajstić information content (AvgIpc) is 2.34. The first-order valence-corrected chi connectivity index (χ1v) is 6.78. The lowest BCUT2D eigenvalue weighted by Gasteiger charge is -2.35. The van der Waals surface area contributed by atoms with Gasteiger partial charge in [0.15, 0.2) is 0 Å². The summed E-state index contributed by atoms with van der Waals surface area (Å²) in [4.78, 5) is 0. The molecule has 0 aromatic rings. The normalized spacial score (nSPS) is 36.5. The number of rotatable bonds is 4. The van der Waals surface area contributed by atoms with Crippen LogP contribution in [0.3, 0.4) is 0 Å². The Morgan fingerprint density at radius 1 is 1.39 bits per heavy atom. The van der Waals surface area contributed by atoms with Gasteiger partial charge in [0, 0.05) is 19.5 Å². The van der Waals surface area contributed by atoms with Gasteiger partial charge in [0.2, 0.25) is 0 Å². The number of hydrogen-bond acceptors (Lipinski definition) is 6. The molecule has 2 rings (SSSR count). The van der Waals surface area contributed by atoms with Gasteiger partial charge >= 0.3 is 0 Å². The van der Waals surface area contributed by atoms with Crippen LogP contribution < -0.4 is 16.4 Å². The van der Waals surface area contributed by atoms with Crippen molar-refractivity contribution >= 4 is 0 Å². The van der Waals surface area contributed by atoms with Crippen LogP contribution in [0.15, 0.2) is 0 Å². The molecule has 6 nitrogen and oxygen atoms in total. The Labute approximate surface area is 108 Å². The van der Waals surface area contributed by atoms with Crippen molar-refractivity contribution < 1.29 is 14.9 Å². The third kappa shape index (κ3) is 3.88. The number of ether oxygens (including phenoxy) is 1. The van der Waals surface area contributed by atoms with Crippen LogP contribution in [-0.4, -0.2) is 66.8 Å². The zero-order valence-corrected chi connectivity index (χ0v) is 10.8. The van der Waals surface area contributed by atoms with E-state index in [1.54, 1.807) is 0 Å². The Morgan fingerprint density at radius 2 is 2.11 bits per heavy atom. The summed E-state index contributed by atoms with van der Waals surface area (Å²) in [5, 5.41) is 26.4. The molecule has 3 atom stereocenters. The summed E-state index contributed by atoms with van der Waals surface area (Å²) in [5.74, 6) is 0. The van der Waals surface area contributed by atoms with Gasteiger partial charge in [-0.25, -0.2) is 0 Å². The maximum absolute atomic E-state index is 10.3. The molecule has 0 radical (unpaired) electrons. The van der Waals surface area contributed by atoms with Gasteiger partial charge in [-0.2, -0.15) is 0 Å². The minimum absolute atomic E-state index is 0.00915. The molecule has 2 saturated heterocycles. The fourth-order valence-corrected chi connectivity index (χ4v) is 2.55. The number of hydrogen-bond donors (Lipinski definition) is 5. The summed E-state index contributed by atoms with van der Waals surface area (Å²) in [6, 6.07) is -0.269. The van der Waals surface area contributed by atoms with Crippen molar-refractivity contribution in [2.24, 2.45) is 5.73 Å². The quantitative estimate of drug-likeness (QED) is 0.407. The lowest BCUT2D eigenvalue weighted by atomic mass is 9.92. The molecule has 0 aromatic heterocycles. The summed E-state index contributed by atoms with van der Waals surface area (Å²) < 4.78 is 5.54. The first kappa shape index (κ1) is 14.2. The predicted molar refractivity (Wildman–Crippen MR) is 68.3 cm³/mol. The van der Waals surface area contributed by atoms with Crippen LogP contribution in [0.1, 0.15) is 19.3 Å². The summed E-state index contributed by atoms with van der Waals surface area (Å²) in [5.41, 5.74) is 5.06. The molecule has 2 aliphatic heterocycles. The predicted octanol–water partition coefficient (Wildman–Crippen LogP) is -1.83. The lowest BCUT2D eigenvalue weighted by molar-refractivity contribution is -0.0582. The molecule has 0 amide bonds. The van der Waals surface area contributed by atoms with Gasteiger partial charge in [-0.1, -0.05) is 0 Å². The molecule has 0 saturated carbocycles. The summed E-state index contributed by atoms with van der Waals surface area (Å²) >= 11 is 0. The fraction of sp³-hybridized carbons (Fsp3) is 1.00. The molecule has 18 heavy (non-hydrogen) atoms. The van der Waals surface area contributed by atoms with Crippen LogP contribution in [0.5, 0.6) is 0 Å². The SMILES string of the molecule is N[C@H]1CO[C@H](CNCC2(O)CCNCC2)C[C@@H]1O. The van der Waals surface area contributed by atoms with Crippen molar-refractivity contribution in [1.29, 1.82) is 0 Å². The van der Waals surface area contributed by atoms with Gasteiger partial charge in [-0.15, -0.1) is 0 Å². The Bertz CT molecular complexity index is 259. The fourth-order valence-electron chi connectivity index (χ4n) is 2.55. The third-order valence-corrected chi connectivity index (χ3v) is 3.88. The van der Waals surface area contributed by atoms with Crippen LogP contribution in [-0.2, 0) is 4.74 Å². The highest BCUT2D eigenvalue weighted by molar-refractivity contribution is 4.87. The van der Waals surface area contributed by atoms with Crippen molar-refractivity contribution in [1.82, 2.24) is 10.6 Å². The summed E-state index contributed by atoms with van der Waals surface area (Å²) in [6.45, 7) is 3.37. The Kier molecular flexibility index (Phi) is 4.94. The van der Waals surface area contributed by atoms with E-state index in [2.05, 4.69) is 10.6 Å². The molecule has 2 heterocycles. The second kappa shape index (κ2) is 6.27. The molecule has 0 aromatic carbocycles. The Balaban J connectivity index is 1.66. The molecule has 0 unspecified atom stereocenters. The van der Waals surface area contributed by atoms with Crippen molar-refractivity contribution in [2.75, 3.05) is 32.8 Å². The second-order valence-corrected chi connectivity index (χ2v) is 5.53. The van der Waals surface area contributed by atoms with Crippen LogP contribution >= 0.6 is 0 Å². The van der Waals surface area contributed by atoms with Crippen molar-refractivity contribution in [3.63, 3.8) is 0 Å².